The summed E-state index contributed by atoms with van der Waals surface area (Å²) in [7, 11) is -2.62. The van der Waals surface area contributed by atoms with Crippen molar-refractivity contribution in [1.82, 2.24) is 0 Å². The first-order valence-corrected chi connectivity index (χ1v) is 12.8. The number of rotatable bonds is 7. The van der Waals surface area contributed by atoms with Crippen LogP contribution in [-0.4, -0.2) is 49.8 Å². The summed E-state index contributed by atoms with van der Waals surface area (Å²) < 4.78 is 6.65. The highest BCUT2D eigenvalue weighted by atomic mass is 31.2. The summed E-state index contributed by atoms with van der Waals surface area (Å²) in [6.45, 7) is 15.7. The fraction of sp³-hybridized carbons (Fsp3) is 0.556. The Morgan fingerprint density at radius 1 is 0.714 bits per heavy atom. The largest absolute Gasteiger partial charge is 0.485 e. The van der Waals surface area contributed by atoms with Crippen molar-refractivity contribution in [2.45, 2.75) is 72.3 Å². The molecule has 0 aliphatic heterocycles. The van der Waals surface area contributed by atoms with E-state index in [0.717, 1.165) is 27.8 Å². The molecule has 2 rings (SSSR count). The average Bonchev–Trinajstić information content (AvgIpc) is 2.74. The van der Waals surface area contributed by atoms with Gasteiger partial charge in [-0.05, 0) is 47.4 Å². The molecule has 6 N–H and O–H groups in total. The Bertz CT molecular complexity index is 931. The molecule has 0 amide bonds. The molecule has 1 unspecified atom stereocenters. The Kier molecular flexibility index (Phi) is 11.3. The molecule has 35 heavy (non-hydrogen) atoms. The second kappa shape index (κ2) is 12.6. The molecule has 8 heteroatoms. The Morgan fingerprint density at radius 3 is 1.51 bits per heavy atom. The number of aliphatic hydroxyl groups excluding tert-OH is 3. The van der Waals surface area contributed by atoms with Crippen LogP contribution < -0.4 is 4.74 Å². The molecule has 0 aromatic heterocycles. The van der Waals surface area contributed by atoms with E-state index < -0.39 is 39.9 Å². The molecule has 1 atom stereocenters. The van der Waals surface area contributed by atoms with Gasteiger partial charge in [0.2, 0.25) is 0 Å². The number of ether oxygens (including phenoxy) is 1. The molecule has 0 aliphatic carbocycles. The maximum Gasteiger partial charge on any atom is 0.324 e. The van der Waals surface area contributed by atoms with Gasteiger partial charge in [-0.3, -0.25) is 0 Å². The van der Waals surface area contributed by atoms with Gasteiger partial charge in [-0.25, -0.2) is 0 Å². The van der Waals surface area contributed by atoms with E-state index >= 15 is 0 Å². The zero-order valence-corrected chi connectivity index (χ0v) is 23.1. The highest BCUT2D eigenvalue weighted by molar-refractivity contribution is 7.38. The van der Waals surface area contributed by atoms with Crippen LogP contribution in [0.4, 0.5) is 0 Å². The van der Waals surface area contributed by atoms with E-state index in [4.69, 9.17) is 19.4 Å². The lowest BCUT2D eigenvalue weighted by Gasteiger charge is -2.40. The second-order valence-corrected chi connectivity index (χ2v) is 11.7. The molecule has 0 heterocycles. The lowest BCUT2D eigenvalue weighted by Crippen LogP contribution is -2.43. The number of benzene rings is 2. The number of aryl methyl sites for hydroxylation is 2. The van der Waals surface area contributed by atoms with Crippen molar-refractivity contribution in [2.75, 3.05) is 19.8 Å². The Morgan fingerprint density at radius 2 is 1.11 bits per heavy atom. The summed E-state index contributed by atoms with van der Waals surface area (Å²) in [4.78, 5) is 21.7. The van der Waals surface area contributed by atoms with Crippen LogP contribution >= 0.6 is 8.60 Å². The molecule has 0 spiro atoms. The maximum absolute atomic E-state index is 10.3. The third kappa shape index (κ3) is 8.50. The van der Waals surface area contributed by atoms with Crippen molar-refractivity contribution >= 4 is 8.60 Å². The van der Waals surface area contributed by atoms with Crippen LogP contribution in [0, 0.1) is 19.3 Å². The molecule has 0 radical (unpaired) electrons. The van der Waals surface area contributed by atoms with E-state index in [2.05, 4.69) is 53.7 Å². The fourth-order valence-corrected chi connectivity index (χ4v) is 3.93. The molecule has 0 aliphatic rings. The Balaban J connectivity index is 0.00000142. The molecule has 7 nitrogen and oxygen atoms in total. The van der Waals surface area contributed by atoms with Crippen LogP contribution in [0.1, 0.15) is 75.5 Å². The minimum Gasteiger partial charge on any atom is -0.485 e. The minimum atomic E-state index is -2.62. The van der Waals surface area contributed by atoms with Crippen molar-refractivity contribution in [3.63, 3.8) is 0 Å². The van der Waals surface area contributed by atoms with Gasteiger partial charge in [0.05, 0.1) is 25.2 Å². The highest BCUT2D eigenvalue weighted by Gasteiger charge is 2.43. The van der Waals surface area contributed by atoms with Gasteiger partial charge in [0.1, 0.15) is 11.9 Å². The molecule has 0 saturated carbocycles. The second-order valence-electron chi connectivity index (χ2n) is 11.2. The van der Waals surface area contributed by atoms with Crippen molar-refractivity contribution < 1.29 is 34.7 Å². The summed E-state index contributed by atoms with van der Waals surface area (Å²) >= 11 is 0. The first-order valence-electron chi connectivity index (χ1n) is 11.6. The maximum atomic E-state index is 10.3. The van der Waals surface area contributed by atoms with Gasteiger partial charge in [0, 0.05) is 0 Å². The third-order valence-corrected chi connectivity index (χ3v) is 5.99. The number of hydrogen-bond acceptors (Lipinski definition) is 7. The Labute approximate surface area is 211 Å². The topological polar surface area (TPSA) is 131 Å². The average molecular weight is 511 g/mol. The normalized spacial score (nSPS) is 13.3. The van der Waals surface area contributed by atoms with E-state index in [9.17, 15) is 15.3 Å². The van der Waals surface area contributed by atoms with Gasteiger partial charge in [0.25, 0.3) is 0 Å². The molecule has 0 bridgehead atoms. The van der Waals surface area contributed by atoms with Crippen LogP contribution in [0.15, 0.2) is 36.4 Å². The molecule has 0 saturated heterocycles. The summed E-state index contributed by atoms with van der Waals surface area (Å²) in [5.41, 5.74) is 3.66. The molecule has 2 aromatic carbocycles. The Hall–Kier alpha value is -1.57. The van der Waals surface area contributed by atoms with Gasteiger partial charge >= 0.3 is 8.60 Å². The summed E-state index contributed by atoms with van der Waals surface area (Å²) in [5, 5.41) is 30.9. The highest BCUT2D eigenvalue weighted by Crippen LogP contribution is 2.44. The molecule has 2 aromatic rings. The van der Waals surface area contributed by atoms with Crippen LogP contribution in [0.5, 0.6) is 5.75 Å². The number of aliphatic hydroxyl groups is 3. The predicted octanol–water partition coefficient (Wildman–Crippen LogP) is 4.17. The third-order valence-electron chi connectivity index (χ3n) is 5.99. The molecule has 198 valence electrons. The monoisotopic (exact) mass is 510 g/mol. The fourth-order valence-electron chi connectivity index (χ4n) is 3.93. The molecular weight excluding hydrogens is 467 g/mol. The van der Waals surface area contributed by atoms with Crippen LogP contribution in [0.2, 0.25) is 0 Å². The lowest BCUT2D eigenvalue weighted by molar-refractivity contribution is -0.0752. The zero-order chi connectivity index (χ0) is 27.2. The first kappa shape index (κ1) is 31.5. The van der Waals surface area contributed by atoms with Crippen molar-refractivity contribution in [2.24, 2.45) is 5.41 Å². The van der Waals surface area contributed by atoms with Gasteiger partial charge in [-0.1, -0.05) is 83.0 Å². The summed E-state index contributed by atoms with van der Waals surface area (Å²) in [6.07, 6.45) is -0.730. The molecule has 0 fully saturated rings. The zero-order valence-electron chi connectivity index (χ0n) is 22.2. The number of hydrogen-bond donors (Lipinski definition) is 6. The van der Waals surface area contributed by atoms with E-state index in [-0.39, 0.29) is 10.8 Å². The van der Waals surface area contributed by atoms with Gasteiger partial charge in [-0.15, -0.1) is 0 Å². The predicted molar refractivity (Wildman–Crippen MR) is 140 cm³/mol. The molecular formula is C27H43O7P. The lowest BCUT2D eigenvalue weighted by atomic mass is 9.74. The minimum absolute atomic E-state index is 0.160. The first-order chi connectivity index (χ1) is 16.0. The van der Waals surface area contributed by atoms with Crippen LogP contribution in [0.25, 0.3) is 0 Å². The summed E-state index contributed by atoms with van der Waals surface area (Å²) in [5.74, 6) is 0.697. The van der Waals surface area contributed by atoms with Crippen LogP contribution in [-0.2, 0) is 10.8 Å². The SMILES string of the molecule is Cc1ccc(OC(c2ccc(C)cc2C(C)(C)C)C(CO)(CO)CO)c(C(C)(C)C)c1.OP(O)O. The van der Waals surface area contributed by atoms with E-state index in [1.165, 1.54) is 0 Å². The quantitative estimate of drug-likeness (QED) is 0.308. The van der Waals surface area contributed by atoms with Gasteiger partial charge < -0.3 is 34.7 Å². The smallest absolute Gasteiger partial charge is 0.324 e. The van der Waals surface area contributed by atoms with Gasteiger partial charge in [-0.2, -0.15) is 0 Å². The van der Waals surface area contributed by atoms with E-state index in [1.54, 1.807) is 0 Å². The van der Waals surface area contributed by atoms with Crippen molar-refractivity contribution in [3.05, 3.63) is 64.2 Å². The standard InChI is InChI=1S/C27H40O4.H3O3P/c1-18-9-11-20(21(13-18)25(3,4)5)24(27(15-28,16-29)17-30)31-23-12-10-19(2)14-22(23)26(6,7)8;1-4(2)3/h9-14,24,28-30H,15-17H2,1-8H3;1-3H. The summed E-state index contributed by atoms with van der Waals surface area (Å²) in [6, 6.07) is 12.2. The van der Waals surface area contributed by atoms with Crippen molar-refractivity contribution in [3.8, 4) is 5.75 Å². The van der Waals surface area contributed by atoms with E-state index in [0.29, 0.717) is 5.75 Å². The van der Waals surface area contributed by atoms with Crippen molar-refractivity contribution in [1.29, 1.82) is 0 Å². The van der Waals surface area contributed by atoms with Crippen LogP contribution in [0.3, 0.4) is 0 Å². The van der Waals surface area contributed by atoms with Gasteiger partial charge in [0.15, 0.2) is 0 Å². The van der Waals surface area contributed by atoms with E-state index in [1.807, 2.05) is 38.1 Å².